The van der Waals surface area contributed by atoms with E-state index in [1.807, 2.05) is 30.3 Å². The van der Waals surface area contributed by atoms with Gasteiger partial charge in [-0.2, -0.15) is 4.91 Å². The van der Waals surface area contributed by atoms with Crippen LogP contribution in [-0.4, -0.2) is 25.0 Å². The summed E-state index contributed by atoms with van der Waals surface area (Å²) in [6.07, 6.45) is 0. The summed E-state index contributed by atoms with van der Waals surface area (Å²) in [5.74, 6) is 2.35. The van der Waals surface area contributed by atoms with E-state index in [9.17, 15) is 9.70 Å². The highest BCUT2D eigenvalue weighted by atomic mass is 16.6. The lowest BCUT2D eigenvalue weighted by Crippen LogP contribution is -2.33. The van der Waals surface area contributed by atoms with Crippen molar-refractivity contribution in [1.29, 1.82) is 0 Å². The number of benzene rings is 2. The second-order valence-corrected chi connectivity index (χ2v) is 5.39. The topological polar surface area (TPSA) is 89.0 Å². The highest BCUT2D eigenvalue weighted by molar-refractivity contribution is 5.72. The molecule has 0 radical (unpaired) electrons. The fraction of sp³-hybridized carbons (Fsp3) is 0.235. The monoisotopic (exact) mass is 327 g/mol. The molecule has 1 amide bonds. The molecule has 24 heavy (non-hydrogen) atoms. The molecule has 1 heterocycles. The van der Waals surface area contributed by atoms with Crippen molar-refractivity contribution in [3.8, 4) is 23.0 Å². The zero-order valence-electron chi connectivity index (χ0n) is 13.1. The summed E-state index contributed by atoms with van der Waals surface area (Å²) in [6.45, 7) is 1.90. The van der Waals surface area contributed by atoms with Gasteiger partial charge in [0.05, 0.1) is 0 Å². The van der Waals surface area contributed by atoms with Gasteiger partial charge in [-0.25, -0.2) is 0 Å². The zero-order valence-corrected chi connectivity index (χ0v) is 13.1. The van der Waals surface area contributed by atoms with Gasteiger partial charge in [-0.1, -0.05) is 17.3 Å². The summed E-state index contributed by atoms with van der Waals surface area (Å²) in [4.78, 5) is 21.7. The molecule has 0 saturated heterocycles. The van der Waals surface area contributed by atoms with Gasteiger partial charge in [0, 0.05) is 31.8 Å². The van der Waals surface area contributed by atoms with Crippen molar-refractivity contribution in [2.45, 2.75) is 13.0 Å². The number of hydrogen-bond acceptors (Lipinski definition) is 6. The van der Waals surface area contributed by atoms with Crippen LogP contribution >= 0.6 is 0 Å². The smallest absolute Gasteiger partial charge is 0.216 e. The number of nitrogens with zero attached hydrogens (tertiary/aromatic N) is 1. The van der Waals surface area contributed by atoms with E-state index in [-0.39, 0.29) is 12.5 Å². The number of fused-ring (bicyclic) bond motifs is 2. The van der Waals surface area contributed by atoms with Crippen molar-refractivity contribution in [1.82, 2.24) is 5.32 Å². The van der Waals surface area contributed by atoms with Gasteiger partial charge < -0.3 is 20.1 Å². The van der Waals surface area contributed by atoms with Crippen molar-refractivity contribution in [2.75, 3.05) is 18.4 Å². The van der Waals surface area contributed by atoms with Gasteiger partial charge in [-0.05, 0) is 24.3 Å². The maximum atomic E-state index is 10.9. The van der Waals surface area contributed by atoms with E-state index in [0.717, 1.165) is 5.69 Å². The van der Waals surface area contributed by atoms with Crippen LogP contribution in [0.5, 0.6) is 23.0 Å². The molecule has 0 bridgehead atoms. The number of anilines is 1. The summed E-state index contributed by atoms with van der Waals surface area (Å²) in [7, 11) is 0. The Kier molecular flexibility index (Phi) is 4.60. The molecular weight excluding hydrogens is 310 g/mol. The molecule has 0 fully saturated rings. The second kappa shape index (κ2) is 6.99. The molecule has 2 aromatic rings. The van der Waals surface area contributed by atoms with E-state index in [1.165, 1.54) is 6.92 Å². The van der Waals surface area contributed by atoms with Gasteiger partial charge in [0.1, 0.15) is 6.04 Å². The number of para-hydroxylation sites is 2. The number of carbonyl (C=O) groups excluding carboxylic acids is 1. The predicted molar refractivity (Wildman–Crippen MR) is 89.8 cm³/mol. The number of nitrogens with one attached hydrogen (secondary N) is 2. The molecule has 2 N–H and O–H groups in total. The van der Waals surface area contributed by atoms with E-state index >= 15 is 0 Å². The van der Waals surface area contributed by atoms with Crippen LogP contribution in [0.2, 0.25) is 0 Å². The fourth-order valence-electron chi connectivity index (χ4n) is 2.28. The SMILES string of the molecule is CC(=O)NCC(CNc1ccc2c(c1)Oc1ccccc1O2)N=O. The molecule has 7 heteroatoms. The quantitative estimate of drug-likeness (QED) is 0.678. The Balaban J connectivity index is 1.65. The summed E-state index contributed by atoms with van der Waals surface area (Å²) in [5, 5.41) is 8.70. The Morgan fingerprint density at radius 3 is 2.38 bits per heavy atom. The minimum absolute atomic E-state index is 0.193. The minimum Gasteiger partial charge on any atom is -0.450 e. The second-order valence-electron chi connectivity index (χ2n) is 5.39. The molecule has 3 rings (SSSR count). The van der Waals surface area contributed by atoms with Crippen LogP contribution in [0.25, 0.3) is 0 Å². The fourth-order valence-corrected chi connectivity index (χ4v) is 2.28. The van der Waals surface area contributed by atoms with Gasteiger partial charge in [0.15, 0.2) is 23.0 Å². The van der Waals surface area contributed by atoms with Crippen molar-refractivity contribution in [2.24, 2.45) is 5.18 Å². The average molecular weight is 327 g/mol. The maximum absolute atomic E-state index is 10.9. The number of nitroso groups, excluding NO2 is 1. The van der Waals surface area contributed by atoms with Crippen LogP contribution < -0.4 is 20.1 Å². The summed E-state index contributed by atoms with van der Waals surface area (Å²) in [6, 6.07) is 12.3. The average Bonchev–Trinajstić information content (AvgIpc) is 2.59. The van der Waals surface area contributed by atoms with Gasteiger partial charge in [-0.15, -0.1) is 0 Å². The van der Waals surface area contributed by atoms with E-state index in [0.29, 0.717) is 29.5 Å². The molecule has 1 atom stereocenters. The Morgan fingerprint density at radius 1 is 1.04 bits per heavy atom. The number of carbonyl (C=O) groups is 1. The standard InChI is InChI=1S/C17H17N3O4/c1-11(21)18-9-13(20-22)10-19-12-6-7-16-17(8-12)24-15-5-3-2-4-14(15)23-16/h2-8,13,19H,9-10H2,1H3,(H,18,21). The number of hydrogen-bond donors (Lipinski definition) is 2. The Labute approximate surface area is 138 Å². The Morgan fingerprint density at radius 2 is 1.71 bits per heavy atom. The molecule has 1 aliphatic heterocycles. The van der Waals surface area contributed by atoms with Crippen molar-refractivity contribution in [3.63, 3.8) is 0 Å². The van der Waals surface area contributed by atoms with Crippen LogP contribution in [0.4, 0.5) is 5.69 Å². The number of amides is 1. The molecule has 7 nitrogen and oxygen atoms in total. The molecule has 0 aliphatic carbocycles. The minimum atomic E-state index is -0.553. The summed E-state index contributed by atoms with van der Waals surface area (Å²) in [5.41, 5.74) is 0.771. The lowest BCUT2D eigenvalue weighted by molar-refractivity contribution is -0.119. The number of rotatable bonds is 6. The normalized spacial score (nSPS) is 12.7. The lowest BCUT2D eigenvalue weighted by atomic mass is 10.2. The maximum Gasteiger partial charge on any atom is 0.216 e. The predicted octanol–water partition coefficient (Wildman–Crippen LogP) is 3.27. The summed E-state index contributed by atoms with van der Waals surface area (Å²) < 4.78 is 11.6. The first-order valence-corrected chi connectivity index (χ1v) is 7.55. The largest absolute Gasteiger partial charge is 0.450 e. The van der Waals surface area contributed by atoms with Crippen LogP contribution in [0.3, 0.4) is 0 Å². The number of ether oxygens (including phenoxy) is 2. The third-order valence-electron chi connectivity index (χ3n) is 3.51. The van der Waals surface area contributed by atoms with Crippen LogP contribution in [0.1, 0.15) is 6.92 Å². The van der Waals surface area contributed by atoms with Crippen molar-refractivity contribution >= 4 is 11.6 Å². The zero-order chi connectivity index (χ0) is 16.9. The van der Waals surface area contributed by atoms with E-state index in [2.05, 4.69) is 15.8 Å². The molecule has 1 aliphatic rings. The van der Waals surface area contributed by atoms with E-state index in [1.54, 1.807) is 12.1 Å². The Bertz CT molecular complexity index is 763. The molecule has 124 valence electrons. The first-order valence-electron chi connectivity index (χ1n) is 7.55. The van der Waals surface area contributed by atoms with Gasteiger partial charge in [0.2, 0.25) is 5.91 Å². The first-order chi connectivity index (χ1) is 11.7. The highest BCUT2D eigenvalue weighted by Crippen LogP contribution is 2.45. The van der Waals surface area contributed by atoms with Crippen LogP contribution in [-0.2, 0) is 4.79 Å². The molecule has 0 aromatic heterocycles. The third-order valence-corrected chi connectivity index (χ3v) is 3.51. The Hall–Kier alpha value is -3.09. The van der Waals surface area contributed by atoms with Crippen molar-refractivity contribution in [3.05, 3.63) is 47.4 Å². The van der Waals surface area contributed by atoms with Gasteiger partial charge in [0.25, 0.3) is 0 Å². The molecule has 2 aromatic carbocycles. The molecule has 0 saturated carbocycles. The van der Waals surface area contributed by atoms with Gasteiger partial charge in [-0.3, -0.25) is 4.79 Å². The molecular formula is C17H17N3O4. The third kappa shape index (κ3) is 3.62. The summed E-state index contributed by atoms with van der Waals surface area (Å²) >= 11 is 0. The lowest BCUT2D eigenvalue weighted by Gasteiger charge is -2.21. The van der Waals surface area contributed by atoms with E-state index in [4.69, 9.17) is 9.47 Å². The van der Waals surface area contributed by atoms with Crippen LogP contribution in [0, 0.1) is 4.91 Å². The molecule has 0 spiro atoms. The highest BCUT2D eigenvalue weighted by Gasteiger charge is 2.18. The first kappa shape index (κ1) is 15.8. The van der Waals surface area contributed by atoms with Crippen LogP contribution in [0.15, 0.2) is 47.6 Å². The van der Waals surface area contributed by atoms with Crippen molar-refractivity contribution < 1.29 is 14.3 Å². The van der Waals surface area contributed by atoms with E-state index < -0.39 is 6.04 Å². The van der Waals surface area contributed by atoms with Gasteiger partial charge >= 0.3 is 0 Å². The molecule has 1 unspecified atom stereocenters.